The Morgan fingerprint density at radius 3 is 2.35 bits per heavy atom. The van der Waals surface area contributed by atoms with E-state index < -0.39 is 0 Å². The second kappa shape index (κ2) is 4.96. The van der Waals surface area contributed by atoms with E-state index in [0.29, 0.717) is 6.04 Å². The Hall–Kier alpha value is -0.580. The molecule has 2 heterocycles. The Balaban J connectivity index is 1.90. The van der Waals surface area contributed by atoms with E-state index in [1.165, 1.54) is 0 Å². The molecule has 0 spiro atoms. The molecule has 0 aromatic heterocycles. The Bertz CT molecular complexity index is 274. The summed E-state index contributed by atoms with van der Waals surface area (Å²) in [6.45, 7) is 12.3. The normalized spacial score (nSPS) is 32.5. The fourth-order valence-electron chi connectivity index (χ4n) is 2.72. The molecule has 0 bridgehead atoms. The molecule has 0 saturated carbocycles. The van der Waals surface area contributed by atoms with Gasteiger partial charge in [-0.05, 0) is 27.0 Å². The molecular weight excluding hydrogens is 212 g/mol. The van der Waals surface area contributed by atoms with Crippen LogP contribution in [0.15, 0.2) is 12.3 Å². The summed E-state index contributed by atoms with van der Waals surface area (Å²) in [5.74, 6) is 0. The van der Waals surface area contributed by atoms with E-state index in [2.05, 4.69) is 42.0 Å². The molecule has 2 unspecified atom stereocenters. The van der Waals surface area contributed by atoms with Gasteiger partial charge in [0.15, 0.2) is 0 Å². The van der Waals surface area contributed by atoms with Gasteiger partial charge < -0.3 is 11.1 Å². The van der Waals surface area contributed by atoms with Crippen molar-refractivity contribution in [3.05, 3.63) is 12.3 Å². The lowest BCUT2D eigenvalue weighted by Gasteiger charge is -2.45. The number of nitrogens with zero attached hydrogens (tertiary/aromatic N) is 2. The Labute approximate surface area is 105 Å². The predicted octanol–water partition coefficient (Wildman–Crippen LogP) is 0.215. The lowest BCUT2D eigenvalue weighted by molar-refractivity contribution is 0.0454. The fourth-order valence-corrected chi connectivity index (χ4v) is 2.72. The van der Waals surface area contributed by atoms with Crippen LogP contribution in [0.3, 0.4) is 0 Å². The van der Waals surface area contributed by atoms with Crippen LogP contribution in [0.1, 0.15) is 20.8 Å². The summed E-state index contributed by atoms with van der Waals surface area (Å²) in [6, 6.07) is 0.638. The highest BCUT2D eigenvalue weighted by molar-refractivity contribution is 5.05. The van der Waals surface area contributed by atoms with Crippen LogP contribution in [0.5, 0.6) is 0 Å². The van der Waals surface area contributed by atoms with E-state index in [9.17, 15) is 0 Å². The third kappa shape index (κ3) is 3.00. The molecule has 2 aliphatic rings. The summed E-state index contributed by atoms with van der Waals surface area (Å²) < 4.78 is 0. The number of hydrogen-bond donors (Lipinski definition) is 2. The maximum absolute atomic E-state index is 6.16. The summed E-state index contributed by atoms with van der Waals surface area (Å²) >= 11 is 0. The van der Waals surface area contributed by atoms with E-state index in [0.717, 1.165) is 32.7 Å². The highest BCUT2D eigenvalue weighted by Gasteiger charge is 2.30. The van der Waals surface area contributed by atoms with Crippen molar-refractivity contribution >= 4 is 0 Å². The first-order valence-electron chi connectivity index (χ1n) is 6.63. The van der Waals surface area contributed by atoms with E-state index in [1.54, 1.807) is 0 Å². The predicted molar refractivity (Wildman–Crippen MR) is 71.8 cm³/mol. The number of nitrogens with two attached hydrogens (primary N) is 1. The van der Waals surface area contributed by atoms with Gasteiger partial charge in [0.1, 0.15) is 0 Å². The molecule has 0 aromatic carbocycles. The third-order valence-electron chi connectivity index (χ3n) is 3.89. The minimum absolute atomic E-state index is 0.223. The van der Waals surface area contributed by atoms with Gasteiger partial charge >= 0.3 is 0 Å². The van der Waals surface area contributed by atoms with Gasteiger partial charge in [-0.2, -0.15) is 0 Å². The van der Waals surface area contributed by atoms with Gasteiger partial charge in [-0.25, -0.2) is 0 Å². The van der Waals surface area contributed by atoms with Crippen molar-refractivity contribution < 1.29 is 0 Å². The molecule has 4 heteroatoms. The van der Waals surface area contributed by atoms with Crippen LogP contribution in [-0.4, -0.2) is 60.1 Å². The number of hydrogen-bond acceptors (Lipinski definition) is 4. The fraction of sp³-hybridized carbons (Fsp3) is 0.846. The average Bonchev–Trinajstić information content (AvgIpc) is 2.29. The molecule has 17 heavy (non-hydrogen) atoms. The summed E-state index contributed by atoms with van der Waals surface area (Å²) in [5, 5.41) is 3.19. The van der Waals surface area contributed by atoms with Crippen LogP contribution in [0.4, 0.5) is 0 Å². The molecule has 98 valence electrons. The van der Waals surface area contributed by atoms with Crippen LogP contribution in [0.25, 0.3) is 0 Å². The van der Waals surface area contributed by atoms with Crippen molar-refractivity contribution in [3.63, 3.8) is 0 Å². The van der Waals surface area contributed by atoms with Crippen molar-refractivity contribution in [2.75, 3.05) is 32.7 Å². The molecule has 0 amide bonds. The zero-order valence-electron chi connectivity index (χ0n) is 11.3. The van der Waals surface area contributed by atoms with Gasteiger partial charge in [0.05, 0.1) is 0 Å². The van der Waals surface area contributed by atoms with Gasteiger partial charge in [-0.15, -0.1) is 0 Å². The first-order chi connectivity index (χ1) is 7.98. The third-order valence-corrected chi connectivity index (χ3v) is 3.89. The number of nitrogens with one attached hydrogen (secondary N) is 1. The quantitative estimate of drug-likeness (QED) is 0.686. The average molecular weight is 238 g/mol. The Morgan fingerprint density at radius 2 is 1.82 bits per heavy atom. The first-order valence-corrected chi connectivity index (χ1v) is 6.63. The summed E-state index contributed by atoms with van der Waals surface area (Å²) in [7, 11) is 0. The Kier molecular flexibility index (Phi) is 3.76. The smallest absolute Gasteiger partial charge is 0.0464 e. The number of piperazine rings is 1. The first kappa shape index (κ1) is 12.9. The van der Waals surface area contributed by atoms with Gasteiger partial charge in [-0.3, -0.25) is 9.80 Å². The van der Waals surface area contributed by atoms with Gasteiger partial charge in [0.2, 0.25) is 0 Å². The Morgan fingerprint density at radius 1 is 1.18 bits per heavy atom. The monoisotopic (exact) mass is 238 g/mol. The van der Waals surface area contributed by atoms with E-state index in [4.69, 9.17) is 5.73 Å². The second-order valence-corrected chi connectivity index (χ2v) is 6.12. The molecule has 4 nitrogen and oxygen atoms in total. The summed E-state index contributed by atoms with van der Waals surface area (Å²) in [4.78, 5) is 5.07. The van der Waals surface area contributed by atoms with Gasteiger partial charge in [0, 0.05) is 50.3 Å². The van der Waals surface area contributed by atoms with Crippen LogP contribution in [-0.2, 0) is 0 Å². The molecule has 1 saturated heterocycles. The summed E-state index contributed by atoms with van der Waals surface area (Å²) in [5.41, 5.74) is 6.45. The summed E-state index contributed by atoms with van der Waals surface area (Å²) in [6.07, 6.45) is 4.26. The molecule has 2 rings (SSSR count). The highest BCUT2D eigenvalue weighted by atomic mass is 15.3. The molecule has 2 aliphatic heterocycles. The van der Waals surface area contributed by atoms with Crippen molar-refractivity contribution in [3.8, 4) is 0 Å². The van der Waals surface area contributed by atoms with Gasteiger partial charge in [-0.1, -0.05) is 6.08 Å². The molecule has 0 aromatic rings. The van der Waals surface area contributed by atoms with E-state index in [1.807, 2.05) is 6.20 Å². The number of rotatable bonds is 1. The van der Waals surface area contributed by atoms with E-state index >= 15 is 0 Å². The second-order valence-electron chi connectivity index (χ2n) is 6.12. The van der Waals surface area contributed by atoms with Crippen molar-refractivity contribution in [2.24, 2.45) is 5.73 Å². The highest BCUT2D eigenvalue weighted by Crippen LogP contribution is 2.18. The topological polar surface area (TPSA) is 44.5 Å². The molecule has 0 radical (unpaired) electrons. The van der Waals surface area contributed by atoms with Crippen LogP contribution in [0.2, 0.25) is 0 Å². The molecular formula is C13H26N4. The maximum atomic E-state index is 6.16. The maximum Gasteiger partial charge on any atom is 0.0464 e. The van der Waals surface area contributed by atoms with Crippen LogP contribution >= 0.6 is 0 Å². The standard InChI is InChI=1S/C13H26N4/c1-13(2,3)17-8-6-16(7-9-17)12-4-5-15-10-11(12)14/h4-5,11-12,15H,6-10,14H2,1-3H3. The molecule has 0 aliphatic carbocycles. The van der Waals surface area contributed by atoms with Crippen molar-refractivity contribution in [1.82, 2.24) is 15.1 Å². The van der Waals surface area contributed by atoms with Crippen LogP contribution < -0.4 is 11.1 Å². The van der Waals surface area contributed by atoms with Crippen molar-refractivity contribution in [2.45, 2.75) is 38.4 Å². The molecule has 1 fully saturated rings. The zero-order valence-corrected chi connectivity index (χ0v) is 11.3. The molecule has 3 N–H and O–H groups in total. The molecule has 2 atom stereocenters. The van der Waals surface area contributed by atoms with Gasteiger partial charge in [0.25, 0.3) is 0 Å². The SMILES string of the molecule is CC(C)(C)N1CCN(C2C=CNCC2N)CC1. The lowest BCUT2D eigenvalue weighted by atomic mass is 10.0. The van der Waals surface area contributed by atoms with Crippen molar-refractivity contribution in [1.29, 1.82) is 0 Å². The zero-order chi connectivity index (χ0) is 12.5. The minimum Gasteiger partial charge on any atom is -0.389 e. The minimum atomic E-state index is 0.223. The van der Waals surface area contributed by atoms with E-state index in [-0.39, 0.29) is 11.6 Å². The lowest BCUT2D eigenvalue weighted by Crippen LogP contribution is -2.60. The largest absolute Gasteiger partial charge is 0.389 e. The van der Waals surface area contributed by atoms with Crippen LogP contribution in [0, 0.1) is 0 Å².